The fourth-order valence-corrected chi connectivity index (χ4v) is 4.10. The lowest BCUT2D eigenvalue weighted by molar-refractivity contribution is -0.113. The Morgan fingerprint density at radius 3 is 2.40 bits per heavy atom. The molecule has 0 atom stereocenters. The molecule has 0 N–H and O–H groups in total. The van der Waals surface area contributed by atoms with Crippen molar-refractivity contribution in [3.8, 4) is 11.5 Å². The molecule has 30 heavy (non-hydrogen) atoms. The monoisotopic (exact) mass is 401 g/mol. The minimum atomic E-state index is 0.0500. The zero-order valence-electron chi connectivity index (χ0n) is 17.8. The Kier molecular flexibility index (Phi) is 5.75. The van der Waals surface area contributed by atoms with E-state index < -0.39 is 0 Å². The van der Waals surface area contributed by atoms with E-state index in [-0.39, 0.29) is 5.91 Å². The summed E-state index contributed by atoms with van der Waals surface area (Å²) < 4.78 is 11.8. The molecule has 0 aliphatic carbocycles. The van der Waals surface area contributed by atoms with Gasteiger partial charge < -0.3 is 14.4 Å². The van der Waals surface area contributed by atoms with Gasteiger partial charge in [0.15, 0.2) is 0 Å². The first-order valence-corrected chi connectivity index (χ1v) is 10.6. The largest absolute Gasteiger partial charge is 0.493 e. The lowest BCUT2D eigenvalue weighted by atomic mass is 9.98. The summed E-state index contributed by atoms with van der Waals surface area (Å²) in [7, 11) is 0. The number of anilines is 1. The minimum Gasteiger partial charge on any atom is -0.493 e. The quantitative estimate of drug-likeness (QED) is 0.460. The lowest BCUT2D eigenvalue weighted by Crippen LogP contribution is -2.26. The van der Waals surface area contributed by atoms with Crippen molar-refractivity contribution < 1.29 is 14.3 Å². The SMILES string of the molecule is CCCN1C(=O)/C(=C\c2ccc(OCC)c3cccc(OCC)c23)c2ccccc21. The Bertz CT molecular complexity index is 1120. The van der Waals surface area contributed by atoms with Gasteiger partial charge in [-0.1, -0.05) is 43.3 Å². The summed E-state index contributed by atoms with van der Waals surface area (Å²) in [6.07, 6.45) is 2.91. The molecule has 154 valence electrons. The van der Waals surface area contributed by atoms with Gasteiger partial charge in [-0.25, -0.2) is 0 Å². The van der Waals surface area contributed by atoms with Crippen molar-refractivity contribution in [2.45, 2.75) is 27.2 Å². The van der Waals surface area contributed by atoms with Crippen LogP contribution in [0.5, 0.6) is 11.5 Å². The molecule has 4 nitrogen and oxygen atoms in total. The second-order valence-electron chi connectivity index (χ2n) is 7.23. The molecule has 0 aromatic heterocycles. The van der Waals surface area contributed by atoms with Crippen LogP contribution >= 0.6 is 0 Å². The Morgan fingerprint density at radius 2 is 1.63 bits per heavy atom. The molecule has 0 spiro atoms. The fourth-order valence-electron chi connectivity index (χ4n) is 4.10. The van der Waals surface area contributed by atoms with Crippen molar-refractivity contribution in [3.63, 3.8) is 0 Å². The summed E-state index contributed by atoms with van der Waals surface area (Å²) in [5.41, 5.74) is 3.63. The third-order valence-electron chi connectivity index (χ3n) is 5.30. The van der Waals surface area contributed by atoms with E-state index in [1.165, 1.54) is 0 Å². The standard InChI is InChI=1S/C26H27NO3/c1-4-16-27-22-12-8-7-10-19(22)21(26(27)28)17-18-14-15-23(29-5-2)20-11-9-13-24(25(18)20)30-6-3/h7-15,17H,4-6,16H2,1-3H3/b21-17-. The van der Waals surface area contributed by atoms with Crippen molar-refractivity contribution >= 4 is 34.0 Å². The van der Waals surface area contributed by atoms with E-state index in [4.69, 9.17) is 9.47 Å². The molecule has 4 rings (SSSR count). The van der Waals surface area contributed by atoms with Gasteiger partial charge in [-0.3, -0.25) is 4.79 Å². The summed E-state index contributed by atoms with van der Waals surface area (Å²) in [5.74, 6) is 1.67. The van der Waals surface area contributed by atoms with Crippen LogP contribution in [0.2, 0.25) is 0 Å². The van der Waals surface area contributed by atoms with Gasteiger partial charge in [0.05, 0.1) is 18.9 Å². The van der Waals surface area contributed by atoms with E-state index in [1.807, 2.05) is 79.4 Å². The third-order valence-corrected chi connectivity index (χ3v) is 5.30. The highest BCUT2D eigenvalue weighted by Gasteiger charge is 2.31. The van der Waals surface area contributed by atoms with Crippen molar-refractivity contribution in [1.29, 1.82) is 0 Å². The zero-order chi connectivity index (χ0) is 21.1. The Labute approximate surface area is 177 Å². The van der Waals surface area contributed by atoms with E-state index in [2.05, 4.69) is 6.92 Å². The van der Waals surface area contributed by atoms with Crippen molar-refractivity contribution in [3.05, 3.63) is 65.7 Å². The minimum absolute atomic E-state index is 0.0500. The predicted molar refractivity (Wildman–Crippen MR) is 123 cm³/mol. The van der Waals surface area contributed by atoms with Gasteiger partial charge >= 0.3 is 0 Å². The van der Waals surface area contributed by atoms with Crippen LogP contribution in [0.25, 0.3) is 22.4 Å². The van der Waals surface area contributed by atoms with Gasteiger partial charge in [0.2, 0.25) is 0 Å². The molecule has 0 fully saturated rings. The average Bonchev–Trinajstić information content (AvgIpc) is 3.02. The molecule has 1 aliphatic heterocycles. The molecule has 1 aliphatic rings. The van der Waals surface area contributed by atoms with Gasteiger partial charge in [0.25, 0.3) is 5.91 Å². The predicted octanol–water partition coefficient (Wildman–Crippen LogP) is 5.93. The van der Waals surface area contributed by atoms with Crippen LogP contribution in [0, 0.1) is 0 Å². The number of para-hydroxylation sites is 1. The van der Waals surface area contributed by atoms with E-state index >= 15 is 0 Å². The van der Waals surface area contributed by atoms with Crippen LogP contribution in [0.1, 0.15) is 38.3 Å². The van der Waals surface area contributed by atoms with Gasteiger partial charge in [0.1, 0.15) is 11.5 Å². The molecule has 0 saturated heterocycles. The van der Waals surface area contributed by atoms with Gasteiger partial charge in [-0.2, -0.15) is 0 Å². The van der Waals surface area contributed by atoms with Crippen molar-refractivity contribution in [2.24, 2.45) is 0 Å². The fraction of sp³-hybridized carbons (Fsp3) is 0.269. The number of amides is 1. The Hall–Kier alpha value is -3.27. The van der Waals surface area contributed by atoms with Gasteiger partial charge in [-0.05, 0) is 50.1 Å². The van der Waals surface area contributed by atoms with Crippen LogP contribution in [0.3, 0.4) is 0 Å². The first kappa shape index (κ1) is 20.0. The number of fused-ring (bicyclic) bond motifs is 2. The average molecular weight is 402 g/mol. The topological polar surface area (TPSA) is 38.8 Å². The second-order valence-corrected chi connectivity index (χ2v) is 7.23. The van der Waals surface area contributed by atoms with Crippen LogP contribution in [0.4, 0.5) is 5.69 Å². The van der Waals surface area contributed by atoms with Gasteiger partial charge in [-0.15, -0.1) is 0 Å². The lowest BCUT2D eigenvalue weighted by Gasteiger charge is -2.15. The maximum atomic E-state index is 13.3. The Morgan fingerprint density at radius 1 is 0.867 bits per heavy atom. The number of hydrogen-bond acceptors (Lipinski definition) is 3. The van der Waals surface area contributed by atoms with Crippen molar-refractivity contribution in [1.82, 2.24) is 0 Å². The molecule has 3 aromatic carbocycles. The molecule has 1 heterocycles. The van der Waals surface area contributed by atoms with E-state index in [1.54, 1.807) is 0 Å². The van der Waals surface area contributed by atoms with E-state index in [9.17, 15) is 4.79 Å². The normalized spacial score (nSPS) is 14.4. The third kappa shape index (κ3) is 3.43. The first-order chi connectivity index (χ1) is 14.7. The molecular weight excluding hydrogens is 374 g/mol. The molecule has 4 heteroatoms. The van der Waals surface area contributed by atoms with E-state index in [0.717, 1.165) is 51.1 Å². The number of benzene rings is 3. The second kappa shape index (κ2) is 8.62. The number of carbonyl (C=O) groups is 1. The number of hydrogen-bond donors (Lipinski definition) is 0. The zero-order valence-corrected chi connectivity index (χ0v) is 17.8. The van der Waals surface area contributed by atoms with E-state index in [0.29, 0.717) is 19.8 Å². The first-order valence-electron chi connectivity index (χ1n) is 10.6. The summed E-state index contributed by atoms with van der Waals surface area (Å²) >= 11 is 0. The molecule has 0 unspecified atom stereocenters. The van der Waals surface area contributed by atoms with Crippen LogP contribution in [-0.4, -0.2) is 25.7 Å². The number of rotatable bonds is 7. The smallest absolute Gasteiger partial charge is 0.258 e. The maximum absolute atomic E-state index is 13.3. The highest BCUT2D eigenvalue weighted by Crippen LogP contribution is 2.41. The highest BCUT2D eigenvalue weighted by atomic mass is 16.5. The molecule has 3 aromatic rings. The van der Waals surface area contributed by atoms with Gasteiger partial charge in [0, 0.05) is 28.5 Å². The molecule has 0 radical (unpaired) electrons. The van der Waals surface area contributed by atoms with Crippen molar-refractivity contribution in [2.75, 3.05) is 24.7 Å². The van der Waals surface area contributed by atoms with Crippen LogP contribution < -0.4 is 14.4 Å². The molecule has 0 saturated carbocycles. The summed E-state index contributed by atoms with van der Waals surface area (Å²) in [4.78, 5) is 15.2. The van der Waals surface area contributed by atoms with Crippen LogP contribution in [-0.2, 0) is 4.79 Å². The summed E-state index contributed by atoms with van der Waals surface area (Å²) in [5, 5.41) is 1.96. The summed E-state index contributed by atoms with van der Waals surface area (Å²) in [6, 6.07) is 18.0. The maximum Gasteiger partial charge on any atom is 0.258 e. The Balaban J connectivity index is 1.93. The summed E-state index contributed by atoms with van der Waals surface area (Å²) in [6.45, 7) is 7.91. The number of ether oxygens (including phenoxy) is 2. The molecule has 0 bridgehead atoms. The number of nitrogens with zero attached hydrogens (tertiary/aromatic N) is 1. The highest BCUT2D eigenvalue weighted by molar-refractivity contribution is 6.36. The number of carbonyl (C=O) groups excluding carboxylic acids is 1. The molecular formula is C26H27NO3. The molecule has 1 amide bonds. The van der Waals surface area contributed by atoms with Crippen LogP contribution in [0.15, 0.2) is 54.6 Å².